The van der Waals surface area contributed by atoms with Crippen molar-refractivity contribution >= 4 is 6.71 Å². The van der Waals surface area contributed by atoms with E-state index in [1.54, 1.807) is 0 Å². The van der Waals surface area contributed by atoms with Crippen LogP contribution in [0.4, 0.5) is 0 Å². The molecular formula is C6H16BLi. The summed E-state index contributed by atoms with van der Waals surface area (Å²) in [5.74, 6) is 0. The normalized spacial score (nSPS) is 7.88. The Morgan fingerprint density at radius 2 is 1.25 bits per heavy atom. The molecule has 0 radical (unpaired) electrons. The third kappa shape index (κ3) is 4.81. The first-order chi connectivity index (χ1) is 3.35. The quantitative estimate of drug-likeness (QED) is 0.431. The van der Waals surface area contributed by atoms with Gasteiger partial charge in [-0.05, 0) is 0 Å². The van der Waals surface area contributed by atoms with E-state index in [2.05, 4.69) is 20.8 Å². The Hall–Kier alpha value is 0.662. The van der Waals surface area contributed by atoms with Gasteiger partial charge in [-0.2, -0.15) is 0 Å². The van der Waals surface area contributed by atoms with Crippen molar-refractivity contribution in [3.63, 3.8) is 0 Å². The Labute approximate surface area is 67.2 Å². The molecule has 0 fully saturated rings. The molecule has 0 aliphatic heterocycles. The molecule has 44 valence electrons. The monoisotopic (exact) mass is 106 g/mol. The molecule has 0 heterocycles. The van der Waals surface area contributed by atoms with Gasteiger partial charge < -0.3 is 1.43 Å². The van der Waals surface area contributed by atoms with Crippen molar-refractivity contribution in [3.05, 3.63) is 0 Å². The molecule has 0 aliphatic carbocycles. The number of rotatable bonds is 3. The van der Waals surface area contributed by atoms with Crippen molar-refractivity contribution in [2.24, 2.45) is 0 Å². The van der Waals surface area contributed by atoms with Crippen LogP contribution in [0.5, 0.6) is 0 Å². The molecule has 0 bridgehead atoms. The third-order valence-electron chi connectivity index (χ3n) is 1.73. The predicted octanol–water partition coefficient (Wildman–Crippen LogP) is -0.343. The fraction of sp³-hybridized carbons (Fsp3) is 1.00. The molecule has 0 aromatic heterocycles. The molecule has 2 heteroatoms. The molecule has 0 aliphatic rings. The van der Waals surface area contributed by atoms with Gasteiger partial charge in [0.15, 0.2) is 0 Å². The molecule has 8 heavy (non-hydrogen) atoms. The predicted molar refractivity (Wildman–Crippen MR) is 38.3 cm³/mol. The topological polar surface area (TPSA) is 0 Å². The summed E-state index contributed by atoms with van der Waals surface area (Å²) in [6, 6.07) is 0. The minimum absolute atomic E-state index is 0. The van der Waals surface area contributed by atoms with Crippen LogP contribution < -0.4 is 18.9 Å². The summed E-state index contributed by atoms with van der Waals surface area (Å²) in [5, 5.41) is 0. The summed E-state index contributed by atoms with van der Waals surface area (Å²) in [4.78, 5) is 0. The first kappa shape index (κ1) is 11.5. The van der Waals surface area contributed by atoms with Crippen molar-refractivity contribution in [1.29, 1.82) is 0 Å². The molecule has 0 amide bonds. The van der Waals surface area contributed by atoms with Crippen molar-refractivity contribution in [1.82, 2.24) is 0 Å². The minimum Gasteiger partial charge on any atom is -1.00 e. The molecule has 0 N–H and O–H groups in total. The van der Waals surface area contributed by atoms with Crippen molar-refractivity contribution in [3.8, 4) is 0 Å². The standard InChI is InChI=1S/C6H15B.Li.H/c1-4-7(5-2)6-3;;/h4-6H2,1-3H3;;/q;+1;-1. The van der Waals surface area contributed by atoms with Gasteiger partial charge in [0.25, 0.3) is 0 Å². The first-order valence-corrected chi connectivity index (χ1v) is 3.35. The second-order valence-electron chi connectivity index (χ2n) is 2.09. The molecular weight excluding hydrogens is 89.8 g/mol. The van der Waals surface area contributed by atoms with Gasteiger partial charge in [0.05, 0.1) is 0 Å². The second kappa shape index (κ2) is 7.66. The molecule has 0 aromatic carbocycles. The van der Waals surface area contributed by atoms with E-state index in [0.717, 1.165) is 6.71 Å². The van der Waals surface area contributed by atoms with E-state index in [1.165, 1.54) is 19.0 Å². The van der Waals surface area contributed by atoms with E-state index >= 15 is 0 Å². The molecule has 0 rings (SSSR count). The molecule has 0 saturated carbocycles. The summed E-state index contributed by atoms with van der Waals surface area (Å²) < 4.78 is 0. The average Bonchev–Trinajstić information content (AvgIpc) is 1.72. The van der Waals surface area contributed by atoms with Crippen LogP contribution in [0.1, 0.15) is 22.2 Å². The average molecular weight is 106 g/mol. The molecule has 0 nitrogen and oxygen atoms in total. The Bertz CT molecular complexity index is 34.5. The van der Waals surface area contributed by atoms with Crippen LogP contribution in [-0.4, -0.2) is 6.71 Å². The van der Waals surface area contributed by atoms with Gasteiger partial charge in [-0.1, -0.05) is 39.7 Å². The van der Waals surface area contributed by atoms with Gasteiger partial charge in [0, 0.05) is 0 Å². The van der Waals surface area contributed by atoms with Crippen molar-refractivity contribution in [2.75, 3.05) is 0 Å². The van der Waals surface area contributed by atoms with E-state index in [4.69, 9.17) is 0 Å². The molecule has 0 atom stereocenters. The summed E-state index contributed by atoms with van der Waals surface area (Å²) in [6.45, 7) is 7.77. The zero-order valence-electron chi connectivity index (χ0n) is 7.70. The Morgan fingerprint density at radius 3 is 1.25 bits per heavy atom. The summed E-state index contributed by atoms with van der Waals surface area (Å²) in [5.41, 5.74) is 0. The largest absolute Gasteiger partial charge is 1.00 e. The number of hydrogen-bond donors (Lipinski definition) is 0. The van der Waals surface area contributed by atoms with Crippen LogP contribution >= 0.6 is 0 Å². The first-order valence-electron chi connectivity index (χ1n) is 3.35. The van der Waals surface area contributed by atoms with Crippen LogP contribution in [0.15, 0.2) is 0 Å². The van der Waals surface area contributed by atoms with Gasteiger partial charge in [-0.15, -0.1) is 0 Å². The zero-order valence-corrected chi connectivity index (χ0v) is 6.70. The van der Waals surface area contributed by atoms with E-state index in [9.17, 15) is 0 Å². The third-order valence-corrected chi connectivity index (χ3v) is 1.73. The van der Waals surface area contributed by atoms with Gasteiger partial charge in [-0.3, -0.25) is 0 Å². The maximum absolute atomic E-state index is 2.26. The van der Waals surface area contributed by atoms with Crippen LogP contribution in [0.2, 0.25) is 19.0 Å². The summed E-state index contributed by atoms with van der Waals surface area (Å²) in [7, 11) is 0. The zero-order chi connectivity index (χ0) is 5.70. The van der Waals surface area contributed by atoms with Crippen molar-refractivity contribution in [2.45, 2.75) is 39.7 Å². The number of hydrogen-bond acceptors (Lipinski definition) is 0. The van der Waals surface area contributed by atoms with Crippen molar-refractivity contribution < 1.29 is 20.3 Å². The second-order valence-corrected chi connectivity index (χ2v) is 2.09. The Morgan fingerprint density at radius 1 is 1.00 bits per heavy atom. The molecule has 0 saturated heterocycles. The van der Waals surface area contributed by atoms with Gasteiger partial charge in [0.1, 0.15) is 6.71 Å². The van der Waals surface area contributed by atoms with E-state index in [1.807, 2.05) is 0 Å². The Kier molecular flexibility index (Phi) is 11.0. The molecule has 0 spiro atoms. The van der Waals surface area contributed by atoms with E-state index in [0.29, 0.717) is 0 Å². The maximum Gasteiger partial charge on any atom is 1.00 e. The van der Waals surface area contributed by atoms with Gasteiger partial charge >= 0.3 is 18.9 Å². The fourth-order valence-electron chi connectivity index (χ4n) is 0.866. The Balaban J connectivity index is -0.000000180. The van der Waals surface area contributed by atoms with Crippen LogP contribution in [0.25, 0.3) is 0 Å². The summed E-state index contributed by atoms with van der Waals surface area (Å²) >= 11 is 0. The SMILES string of the molecule is CCB(CC)CC.[H-].[Li+]. The van der Waals surface area contributed by atoms with Crippen LogP contribution in [0, 0.1) is 0 Å². The van der Waals surface area contributed by atoms with Gasteiger partial charge in [0.2, 0.25) is 0 Å². The minimum atomic E-state index is 0. The van der Waals surface area contributed by atoms with E-state index in [-0.39, 0.29) is 20.3 Å². The van der Waals surface area contributed by atoms with Crippen LogP contribution in [-0.2, 0) is 0 Å². The maximum atomic E-state index is 2.26. The van der Waals surface area contributed by atoms with Crippen LogP contribution in [0.3, 0.4) is 0 Å². The summed E-state index contributed by atoms with van der Waals surface area (Å²) in [6.07, 6.45) is 4.06. The van der Waals surface area contributed by atoms with E-state index < -0.39 is 0 Å². The molecule has 0 aromatic rings. The van der Waals surface area contributed by atoms with Gasteiger partial charge in [-0.25, -0.2) is 0 Å². The fourth-order valence-corrected chi connectivity index (χ4v) is 0.866. The smallest absolute Gasteiger partial charge is 1.00 e. The molecule has 0 unspecified atom stereocenters.